The Balaban J connectivity index is 1.64. The largest absolute Gasteiger partial charge is 0.351 e. The number of piperazine rings is 1. The fraction of sp³-hybridized carbons (Fsp3) is 0.414. The molecule has 1 N–H and O–H groups in total. The molecule has 2 fully saturated rings. The van der Waals surface area contributed by atoms with E-state index in [4.69, 9.17) is 4.98 Å². The number of nitrogens with zero attached hydrogens (tertiary/aromatic N) is 5. The molecule has 2 aromatic carbocycles. The number of hydrogen-bond acceptors (Lipinski definition) is 6. The Morgan fingerprint density at radius 3 is 2.50 bits per heavy atom. The second kappa shape index (κ2) is 11.3. The van der Waals surface area contributed by atoms with Gasteiger partial charge >= 0.3 is 0 Å². The lowest BCUT2D eigenvalue weighted by Crippen LogP contribution is -2.51. The van der Waals surface area contributed by atoms with Crippen LogP contribution in [0.1, 0.15) is 31.5 Å². The summed E-state index contributed by atoms with van der Waals surface area (Å²) >= 11 is 0. The van der Waals surface area contributed by atoms with Gasteiger partial charge in [0.25, 0.3) is 0 Å². The number of halogens is 1. The van der Waals surface area contributed by atoms with Gasteiger partial charge in [-0.2, -0.15) is 0 Å². The maximum Gasteiger partial charge on any atom is 0.191 e. The molecule has 2 unspecified atom stereocenters. The van der Waals surface area contributed by atoms with Crippen LogP contribution in [0.2, 0.25) is 0 Å². The molecule has 5 rings (SSSR count). The highest BCUT2D eigenvalue weighted by molar-refractivity contribution is 5.96. The maximum atomic E-state index is 16.7. The van der Waals surface area contributed by atoms with E-state index in [2.05, 4.69) is 39.2 Å². The predicted octanol–water partition coefficient (Wildman–Crippen LogP) is 4.78. The van der Waals surface area contributed by atoms with Gasteiger partial charge < -0.3 is 15.1 Å². The highest BCUT2D eigenvalue weighted by atomic mass is 19.1. The lowest BCUT2D eigenvalue weighted by Gasteiger charge is -2.33. The summed E-state index contributed by atoms with van der Waals surface area (Å²) in [6.07, 6.45) is 8.27. The Morgan fingerprint density at radius 1 is 0.944 bits per heavy atom. The molecule has 188 valence electrons. The quantitative estimate of drug-likeness (QED) is 0.485. The van der Waals surface area contributed by atoms with E-state index in [9.17, 15) is 0 Å². The van der Waals surface area contributed by atoms with Crippen molar-refractivity contribution < 1.29 is 4.39 Å². The molecule has 2 saturated heterocycles. The van der Waals surface area contributed by atoms with Gasteiger partial charge in [0, 0.05) is 49.6 Å². The van der Waals surface area contributed by atoms with E-state index in [0.29, 0.717) is 35.8 Å². The Hall–Kier alpha value is -3.16. The summed E-state index contributed by atoms with van der Waals surface area (Å²) in [5, 5.41) is 5.67. The third kappa shape index (κ3) is 5.63. The topological polar surface area (TPSA) is 57.2 Å². The average Bonchev–Trinajstić information content (AvgIpc) is 3.23. The van der Waals surface area contributed by atoms with Crippen LogP contribution in [0.4, 0.5) is 10.2 Å². The minimum absolute atomic E-state index is 0.315. The standard InChI is InChI=1S/C29H35FN6/c1-35(2)18-6-5-13-26-31-16-8-17-32-28(25-12-7-10-21-9-3-4-11-24(21)25)27(30)29(34-26)36-19-22-14-15-23(20-36)33-22/h3-4,7-12,16-17,22-23,33H,5-6,13-15,18-20H2,1-2H3. The molecule has 0 radical (unpaired) electrons. The fourth-order valence-corrected chi connectivity index (χ4v) is 5.28. The van der Waals surface area contributed by atoms with Gasteiger partial charge in [-0.3, -0.25) is 4.98 Å². The number of nitrogens with one attached hydrogen (secondary N) is 1. The van der Waals surface area contributed by atoms with Crippen LogP contribution in [-0.4, -0.2) is 65.7 Å². The molecule has 0 aliphatic carbocycles. The van der Waals surface area contributed by atoms with Gasteiger partial charge in [-0.1, -0.05) is 42.5 Å². The number of benzene rings is 2. The summed E-state index contributed by atoms with van der Waals surface area (Å²) in [7, 11) is 4.15. The number of rotatable bonds is 7. The fourth-order valence-electron chi connectivity index (χ4n) is 5.28. The Morgan fingerprint density at radius 2 is 1.69 bits per heavy atom. The van der Waals surface area contributed by atoms with E-state index in [-0.39, 0.29) is 5.82 Å². The number of anilines is 1. The first kappa shape index (κ1) is 24.5. The summed E-state index contributed by atoms with van der Waals surface area (Å²) in [6.45, 7) is 2.48. The van der Waals surface area contributed by atoms with Gasteiger partial charge in [0.1, 0.15) is 11.5 Å². The number of aryl methyl sites for hydroxylation is 1. The summed E-state index contributed by atoms with van der Waals surface area (Å²) < 4.78 is 16.7. The molecule has 2 aliphatic heterocycles. The zero-order chi connectivity index (χ0) is 24.9. The van der Waals surface area contributed by atoms with Crippen molar-refractivity contribution in [2.24, 2.45) is 0 Å². The van der Waals surface area contributed by atoms with Crippen LogP contribution < -0.4 is 10.2 Å². The third-order valence-corrected chi connectivity index (χ3v) is 7.06. The lowest BCUT2D eigenvalue weighted by atomic mass is 10.0. The van der Waals surface area contributed by atoms with E-state index in [0.717, 1.165) is 61.7 Å². The molecule has 0 saturated carbocycles. The third-order valence-electron chi connectivity index (χ3n) is 7.06. The number of aromatic nitrogens is 3. The molecular formula is C29H35FN6. The van der Waals surface area contributed by atoms with E-state index in [1.807, 2.05) is 42.5 Å². The van der Waals surface area contributed by atoms with Crippen LogP contribution in [0, 0.1) is 5.82 Å². The molecular weight excluding hydrogens is 451 g/mol. The van der Waals surface area contributed by atoms with E-state index in [1.54, 1.807) is 18.5 Å². The zero-order valence-electron chi connectivity index (χ0n) is 21.2. The molecule has 3 aromatic rings. The number of unbranched alkanes of at least 4 members (excludes halogenated alkanes) is 1. The first-order chi connectivity index (χ1) is 17.6. The van der Waals surface area contributed by atoms with E-state index >= 15 is 4.39 Å². The Labute approximate surface area is 212 Å². The molecule has 1 aromatic heterocycles. The maximum absolute atomic E-state index is 16.7. The van der Waals surface area contributed by atoms with Crippen LogP contribution in [0.25, 0.3) is 22.0 Å². The monoisotopic (exact) mass is 486 g/mol. The Bertz CT molecular complexity index is 1240. The summed E-state index contributed by atoms with van der Waals surface area (Å²) in [5.41, 5.74) is 1.08. The van der Waals surface area contributed by atoms with Gasteiger partial charge in [0.05, 0.1) is 0 Å². The van der Waals surface area contributed by atoms with Gasteiger partial charge in [0.2, 0.25) is 0 Å². The van der Waals surface area contributed by atoms with Crippen molar-refractivity contribution in [1.29, 1.82) is 0 Å². The average molecular weight is 487 g/mol. The van der Waals surface area contributed by atoms with Crippen molar-refractivity contribution in [3.8, 4) is 11.3 Å². The van der Waals surface area contributed by atoms with Crippen LogP contribution in [0.15, 0.2) is 60.9 Å². The molecule has 2 atom stereocenters. The molecule has 6 nitrogen and oxygen atoms in total. The molecule has 0 amide bonds. The van der Waals surface area contributed by atoms with Gasteiger partial charge in [0.15, 0.2) is 11.6 Å². The molecule has 2 bridgehead atoms. The van der Waals surface area contributed by atoms with Crippen LogP contribution in [0.3, 0.4) is 0 Å². The molecule has 2 aliphatic rings. The van der Waals surface area contributed by atoms with Gasteiger partial charge in [-0.05, 0) is 63.2 Å². The second-order valence-corrected chi connectivity index (χ2v) is 10.1. The highest BCUT2D eigenvalue weighted by Gasteiger charge is 2.34. The number of hydrogen-bond donors (Lipinski definition) is 1. The lowest BCUT2D eigenvalue weighted by molar-refractivity contribution is 0.393. The molecule has 3 heterocycles. The van der Waals surface area contributed by atoms with Crippen molar-refractivity contribution in [2.75, 3.05) is 38.6 Å². The van der Waals surface area contributed by atoms with Crippen molar-refractivity contribution >= 4 is 16.6 Å². The van der Waals surface area contributed by atoms with Crippen LogP contribution in [-0.2, 0) is 6.42 Å². The van der Waals surface area contributed by atoms with Crippen molar-refractivity contribution in [3.05, 3.63) is 72.6 Å². The van der Waals surface area contributed by atoms with Crippen molar-refractivity contribution in [2.45, 2.75) is 44.2 Å². The van der Waals surface area contributed by atoms with Crippen molar-refractivity contribution in [1.82, 2.24) is 25.2 Å². The minimum atomic E-state index is -0.389. The second-order valence-electron chi connectivity index (χ2n) is 10.1. The van der Waals surface area contributed by atoms with E-state index < -0.39 is 0 Å². The SMILES string of the molecule is CN(C)CCCCc1ncccnc(-c2cccc3ccccc23)c(F)c(N2CC3CCC(C2)N3)n1. The normalized spacial score (nSPS) is 19.1. The highest BCUT2D eigenvalue weighted by Crippen LogP contribution is 2.32. The summed E-state index contributed by atoms with van der Waals surface area (Å²) in [4.78, 5) is 18.4. The van der Waals surface area contributed by atoms with Crippen molar-refractivity contribution in [3.63, 3.8) is 0 Å². The molecule has 36 heavy (non-hydrogen) atoms. The van der Waals surface area contributed by atoms with E-state index in [1.165, 1.54) is 0 Å². The van der Waals surface area contributed by atoms with Crippen LogP contribution >= 0.6 is 0 Å². The van der Waals surface area contributed by atoms with Gasteiger partial charge in [-0.25, -0.2) is 14.4 Å². The Kier molecular flexibility index (Phi) is 7.68. The smallest absolute Gasteiger partial charge is 0.191 e. The van der Waals surface area contributed by atoms with Gasteiger partial charge in [-0.15, -0.1) is 0 Å². The zero-order valence-corrected chi connectivity index (χ0v) is 21.2. The van der Waals surface area contributed by atoms with Crippen LogP contribution in [0.5, 0.6) is 0 Å². The molecule has 7 heteroatoms. The summed E-state index contributed by atoms with van der Waals surface area (Å²) in [5.74, 6) is 0.629. The predicted molar refractivity (Wildman–Crippen MR) is 144 cm³/mol. The summed E-state index contributed by atoms with van der Waals surface area (Å²) in [6, 6.07) is 16.5. The minimum Gasteiger partial charge on any atom is -0.351 e. The first-order valence-corrected chi connectivity index (χ1v) is 13.0. The number of fused-ring (bicyclic) bond motifs is 3. The molecule has 0 spiro atoms. The first-order valence-electron chi connectivity index (χ1n) is 13.0.